The molecule has 0 radical (unpaired) electrons. The van der Waals surface area contributed by atoms with E-state index in [0.717, 1.165) is 0 Å². The molecule has 0 saturated heterocycles. The highest BCUT2D eigenvalue weighted by Crippen LogP contribution is 1.89. The SMILES string of the molecule is CC(C)=C/C=C/C(=O)N(C)C. The number of nitrogens with zero attached hydrogens (tertiary/aromatic N) is 1. The van der Waals surface area contributed by atoms with Crippen molar-refractivity contribution in [2.45, 2.75) is 13.8 Å². The van der Waals surface area contributed by atoms with Gasteiger partial charge >= 0.3 is 0 Å². The van der Waals surface area contributed by atoms with Gasteiger partial charge in [0.25, 0.3) is 0 Å². The minimum absolute atomic E-state index is 0.0162. The van der Waals surface area contributed by atoms with Crippen LogP contribution in [0.4, 0.5) is 0 Å². The molecule has 1 amide bonds. The van der Waals surface area contributed by atoms with Crippen molar-refractivity contribution in [2.24, 2.45) is 0 Å². The van der Waals surface area contributed by atoms with Crippen LogP contribution in [0.1, 0.15) is 13.8 Å². The smallest absolute Gasteiger partial charge is 0.246 e. The molecule has 0 aliphatic carbocycles. The molecule has 0 aliphatic rings. The lowest BCUT2D eigenvalue weighted by molar-refractivity contribution is -0.123. The second-order valence-corrected chi connectivity index (χ2v) is 2.84. The van der Waals surface area contributed by atoms with Gasteiger partial charge in [0.2, 0.25) is 5.91 Å². The lowest BCUT2D eigenvalue weighted by Crippen LogP contribution is -2.18. The van der Waals surface area contributed by atoms with Crippen LogP contribution in [-0.4, -0.2) is 24.9 Å². The van der Waals surface area contributed by atoms with Crippen molar-refractivity contribution in [3.05, 3.63) is 23.8 Å². The number of amides is 1. The first-order valence-electron chi connectivity index (χ1n) is 3.57. The molecule has 0 spiro atoms. The van der Waals surface area contributed by atoms with E-state index in [1.54, 1.807) is 26.2 Å². The van der Waals surface area contributed by atoms with E-state index in [-0.39, 0.29) is 5.91 Å². The van der Waals surface area contributed by atoms with Crippen molar-refractivity contribution in [2.75, 3.05) is 14.1 Å². The first kappa shape index (κ1) is 9.95. The average molecular weight is 153 g/mol. The predicted octanol–water partition coefficient (Wildman–Crippen LogP) is 1.60. The Kier molecular flexibility index (Phi) is 4.27. The van der Waals surface area contributed by atoms with Crippen molar-refractivity contribution in [3.63, 3.8) is 0 Å². The van der Waals surface area contributed by atoms with Crippen LogP contribution in [0.3, 0.4) is 0 Å². The van der Waals surface area contributed by atoms with Gasteiger partial charge in [-0.25, -0.2) is 0 Å². The van der Waals surface area contributed by atoms with Crippen molar-refractivity contribution in [1.82, 2.24) is 4.90 Å². The predicted molar refractivity (Wildman–Crippen MR) is 47.3 cm³/mol. The van der Waals surface area contributed by atoms with Gasteiger partial charge in [0.15, 0.2) is 0 Å². The molecule has 11 heavy (non-hydrogen) atoms. The molecule has 2 heteroatoms. The zero-order valence-corrected chi connectivity index (χ0v) is 7.59. The third-order valence-electron chi connectivity index (χ3n) is 1.11. The van der Waals surface area contributed by atoms with Crippen LogP contribution in [0.5, 0.6) is 0 Å². The van der Waals surface area contributed by atoms with E-state index in [1.165, 1.54) is 10.5 Å². The summed E-state index contributed by atoms with van der Waals surface area (Å²) in [5.41, 5.74) is 1.19. The first-order chi connectivity index (χ1) is 5.04. The summed E-state index contributed by atoms with van der Waals surface area (Å²) < 4.78 is 0. The molecule has 0 aromatic heterocycles. The maximum atomic E-state index is 10.9. The van der Waals surface area contributed by atoms with Crippen LogP contribution in [0, 0.1) is 0 Å². The Bertz CT molecular complexity index is 186. The minimum atomic E-state index is 0.0162. The van der Waals surface area contributed by atoms with Crippen LogP contribution in [0.25, 0.3) is 0 Å². The van der Waals surface area contributed by atoms with Crippen LogP contribution < -0.4 is 0 Å². The van der Waals surface area contributed by atoms with Crippen LogP contribution in [0.15, 0.2) is 23.8 Å². The lowest BCUT2D eigenvalue weighted by Gasteiger charge is -2.04. The largest absolute Gasteiger partial charge is 0.345 e. The molecule has 0 aromatic rings. The second-order valence-electron chi connectivity index (χ2n) is 2.84. The average Bonchev–Trinajstić information content (AvgIpc) is 1.86. The van der Waals surface area contributed by atoms with Gasteiger partial charge in [0, 0.05) is 20.2 Å². The highest BCUT2D eigenvalue weighted by molar-refractivity contribution is 5.87. The normalized spacial score (nSPS) is 9.82. The van der Waals surface area contributed by atoms with E-state index in [0.29, 0.717) is 0 Å². The molecule has 0 unspecified atom stereocenters. The van der Waals surface area contributed by atoms with E-state index in [4.69, 9.17) is 0 Å². The summed E-state index contributed by atoms with van der Waals surface area (Å²) in [5.74, 6) is 0.0162. The zero-order valence-electron chi connectivity index (χ0n) is 7.59. The molecular weight excluding hydrogens is 138 g/mol. The van der Waals surface area contributed by atoms with Gasteiger partial charge in [-0.3, -0.25) is 4.79 Å². The van der Waals surface area contributed by atoms with Gasteiger partial charge in [-0.1, -0.05) is 17.7 Å². The molecule has 2 nitrogen and oxygen atoms in total. The number of rotatable bonds is 2. The maximum absolute atomic E-state index is 10.9. The molecule has 0 N–H and O–H groups in total. The minimum Gasteiger partial charge on any atom is -0.345 e. The van der Waals surface area contributed by atoms with E-state index >= 15 is 0 Å². The van der Waals surface area contributed by atoms with Crippen LogP contribution >= 0.6 is 0 Å². The Morgan fingerprint density at radius 3 is 2.18 bits per heavy atom. The van der Waals surface area contributed by atoms with Gasteiger partial charge in [-0.05, 0) is 13.8 Å². The summed E-state index contributed by atoms with van der Waals surface area (Å²) in [5, 5.41) is 0. The maximum Gasteiger partial charge on any atom is 0.246 e. The Balaban J connectivity index is 3.95. The van der Waals surface area contributed by atoms with Gasteiger partial charge in [0.1, 0.15) is 0 Å². The lowest BCUT2D eigenvalue weighted by atomic mass is 10.3. The zero-order chi connectivity index (χ0) is 8.85. The Hall–Kier alpha value is -1.05. The van der Waals surface area contributed by atoms with E-state index in [9.17, 15) is 4.79 Å². The van der Waals surface area contributed by atoms with Crippen molar-refractivity contribution < 1.29 is 4.79 Å². The fourth-order valence-electron chi connectivity index (χ4n) is 0.472. The fourth-order valence-corrected chi connectivity index (χ4v) is 0.472. The fraction of sp³-hybridized carbons (Fsp3) is 0.444. The molecular formula is C9H15NO. The highest BCUT2D eigenvalue weighted by Gasteiger charge is 1.93. The number of allylic oxidation sites excluding steroid dienone is 3. The molecule has 0 atom stereocenters. The van der Waals surface area contributed by atoms with E-state index in [1.807, 2.05) is 19.9 Å². The Labute approximate surface area is 68.2 Å². The standard InChI is InChI=1S/C9H15NO/c1-8(2)6-5-7-9(11)10(3)4/h5-7H,1-4H3/b7-5+. The number of carbonyl (C=O) groups is 1. The van der Waals surface area contributed by atoms with Crippen molar-refractivity contribution in [1.29, 1.82) is 0 Å². The molecule has 0 aromatic carbocycles. The van der Waals surface area contributed by atoms with E-state index < -0.39 is 0 Å². The van der Waals surface area contributed by atoms with Gasteiger partial charge in [-0.15, -0.1) is 0 Å². The summed E-state index contributed by atoms with van der Waals surface area (Å²) in [7, 11) is 3.46. The third kappa shape index (κ3) is 5.40. The summed E-state index contributed by atoms with van der Waals surface area (Å²) in [6, 6.07) is 0. The molecule has 0 heterocycles. The van der Waals surface area contributed by atoms with Gasteiger partial charge < -0.3 is 4.90 Å². The van der Waals surface area contributed by atoms with Crippen molar-refractivity contribution in [3.8, 4) is 0 Å². The van der Waals surface area contributed by atoms with Crippen molar-refractivity contribution >= 4 is 5.91 Å². The van der Waals surface area contributed by atoms with Gasteiger partial charge in [-0.2, -0.15) is 0 Å². The molecule has 0 fully saturated rings. The molecule has 0 saturated carbocycles. The highest BCUT2D eigenvalue weighted by atomic mass is 16.2. The monoisotopic (exact) mass is 153 g/mol. The number of hydrogen-bond acceptors (Lipinski definition) is 1. The Morgan fingerprint density at radius 2 is 1.82 bits per heavy atom. The number of carbonyl (C=O) groups excluding carboxylic acids is 1. The third-order valence-corrected chi connectivity index (χ3v) is 1.11. The molecule has 62 valence electrons. The number of hydrogen-bond donors (Lipinski definition) is 0. The Morgan fingerprint density at radius 1 is 1.27 bits per heavy atom. The number of likely N-dealkylation sites (N-methyl/N-ethyl adjacent to an activating group) is 1. The summed E-state index contributed by atoms with van der Waals surface area (Å²) >= 11 is 0. The summed E-state index contributed by atoms with van der Waals surface area (Å²) in [4.78, 5) is 12.5. The van der Waals surface area contributed by atoms with E-state index in [2.05, 4.69) is 0 Å². The molecule has 0 bridgehead atoms. The van der Waals surface area contributed by atoms with Crippen LogP contribution in [0.2, 0.25) is 0 Å². The molecule has 0 rings (SSSR count). The summed E-state index contributed by atoms with van der Waals surface area (Å²) in [6.45, 7) is 3.98. The quantitative estimate of drug-likeness (QED) is 0.436. The topological polar surface area (TPSA) is 20.3 Å². The van der Waals surface area contributed by atoms with Gasteiger partial charge in [0.05, 0.1) is 0 Å². The summed E-state index contributed by atoms with van der Waals surface area (Å²) in [6.07, 6.45) is 5.21. The van der Waals surface area contributed by atoms with Crippen LogP contribution in [-0.2, 0) is 4.79 Å². The first-order valence-corrected chi connectivity index (χ1v) is 3.57. The second kappa shape index (κ2) is 4.72. The molecule has 0 aliphatic heterocycles.